The molecule has 25 heavy (non-hydrogen) atoms. The summed E-state index contributed by atoms with van der Waals surface area (Å²) in [4.78, 5) is 25.1. The minimum Gasteiger partial charge on any atom is -0.493 e. The number of ether oxygens (including phenoxy) is 2. The Hall–Kier alpha value is -2.28. The molecule has 1 atom stereocenters. The zero-order valence-electron chi connectivity index (χ0n) is 15.1. The summed E-state index contributed by atoms with van der Waals surface area (Å²) in [6, 6.07) is 7.37. The highest BCUT2D eigenvalue weighted by molar-refractivity contribution is 5.77. The summed E-state index contributed by atoms with van der Waals surface area (Å²) in [5.74, 6) is 5.83. The lowest BCUT2D eigenvalue weighted by Gasteiger charge is -2.24. The zero-order chi connectivity index (χ0) is 18.4. The van der Waals surface area contributed by atoms with E-state index in [0.717, 1.165) is 12.0 Å². The quantitative estimate of drug-likeness (QED) is 0.481. The third-order valence-electron chi connectivity index (χ3n) is 3.85. The van der Waals surface area contributed by atoms with E-state index in [1.807, 2.05) is 45.0 Å². The first-order valence-corrected chi connectivity index (χ1v) is 8.46. The van der Waals surface area contributed by atoms with Crippen LogP contribution in [0.3, 0.4) is 0 Å². The maximum absolute atomic E-state index is 12.1. The van der Waals surface area contributed by atoms with Crippen LogP contribution >= 0.6 is 0 Å². The summed E-state index contributed by atoms with van der Waals surface area (Å²) >= 11 is 0. The van der Waals surface area contributed by atoms with Gasteiger partial charge in [0.15, 0.2) is 0 Å². The van der Waals surface area contributed by atoms with Crippen LogP contribution in [0.5, 0.6) is 5.75 Å². The van der Waals surface area contributed by atoms with E-state index < -0.39 is 5.60 Å². The third-order valence-corrected chi connectivity index (χ3v) is 3.85. The number of hydrazine groups is 1. The number of benzene rings is 1. The topological polar surface area (TPSA) is 93.9 Å². The predicted octanol–water partition coefficient (Wildman–Crippen LogP) is 1.85. The van der Waals surface area contributed by atoms with Gasteiger partial charge in [-0.2, -0.15) is 0 Å². The molecule has 0 radical (unpaired) electrons. The first kappa shape index (κ1) is 19.1. The third kappa shape index (κ3) is 6.26. The van der Waals surface area contributed by atoms with Gasteiger partial charge in [-0.25, -0.2) is 10.6 Å². The molecule has 0 unspecified atom stereocenters. The smallest absolute Gasteiger partial charge is 0.410 e. The van der Waals surface area contributed by atoms with Crippen LogP contribution in [0.4, 0.5) is 4.79 Å². The Morgan fingerprint density at radius 2 is 2.12 bits per heavy atom. The molecular weight excluding hydrogens is 322 g/mol. The number of nitrogens with two attached hydrogens (primary N) is 1. The SMILES string of the molecule is CC(C)(C)OC(=O)N1CC[C@@H](COc2cccc(CC(=O)NN)c2)C1. The van der Waals surface area contributed by atoms with Gasteiger partial charge in [0.25, 0.3) is 0 Å². The van der Waals surface area contributed by atoms with Crippen molar-refractivity contribution in [2.75, 3.05) is 19.7 Å². The van der Waals surface area contributed by atoms with Crippen molar-refractivity contribution in [3.63, 3.8) is 0 Å². The molecule has 0 aromatic heterocycles. The largest absolute Gasteiger partial charge is 0.493 e. The number of rotatable bonds is 5. The van der Waals surface area contributed by atoms with Gasteiger partial charge >= 0.3 is 6.09 Å². The van der Waals surface area contributed by atoms with Crippen molar-refractivity contribution in [3.8, 4) is 5.75 Å². The molecule has 0 aliphatic carbocycles. The molecule has 1 heterocycles. The summed E-state index contributed by atoms with van der Waals surface area (Å²) in [6.45, 7) is 7.41. The van der Waals surface area contributed by atoms with Gasteiger partial charge < -0.3 is 14.4 Å². The lowest BCUT2D eigenvalue weighted by atomic mass is 10.1. The van der Waals surface area contributed by atoms with Crippen molar-refractivity contribution in [3.05, 3.63) is 29.8 Å². The molecule has 0 saturated carbocycles. The molecule has 2 amide bonds. The van der Waals surface area contributed by atoms with E-state index in [9.17, 15) is 9.59 Å². The van der Waals surface area contributed by atoms with Gasteiger partial charge in [-0.15, -0.1) is 0 Å². The number of carbonyl (C=O) groups excluding carboxylic acids is 2. The average molecular weight is 349 g/mol. The molecule has 0 spiro atoms. The number of hydrogen-bond donors (Lipinski definition) is 2. The molecule has 3 N–H and O–H groups in total. The van der Waals surface area contributed by atoms with Crippen LogP contribution < -0.4 is 16.0 Å². The van der Waals surface area contributed by atoms with Crippen molar-refractivity contribution in [1.29, 1.82) is 0 Å². The first-order chi connectivity index (χ1) is 11.8. The lowest BCUT2D eigenvalue weighted by Crippen LogP contribution is -2.35. The van der Waals surface area contributed by atoms with Crippen LogP contribution in [0.1, 0.15) is 32.8 Å². The molecule has 1 aromatic carbocycles. The first-order valence-electron chi connectivity index (χ1n) is 8.46. The van der Waals surface area contributed by atoms with E-state index in [-0.39, 0.29) is 24.3 Å². The summed E-state index contributed by atoms with van der Waals surface area (Å²) in [5, 5.41) is 0. The van der Waals surface area contributed by atoms with Crippen LogP contribution in [-0.4, -0.2) is 42.2 Å². The summed E-state index contributed by atoms with van der Waals surface area (Å²) < 4.78 is 11.2. The molecule has 1 fully saturated rings. The Kier molecular flexibility index (Phi) is 6.25. The number of nitrogens with one attached hydrogen (secondary N) is 1. The van der Waals surface area contributed by atoms with Gasteiger partial charge in [-0.05, 0) is 44.9 Å². The predicted molar refractivity (Wildman–Crippen MR) is 93.9 cm³/mol. The fourth-order valence-corrected chi connectivity index (χ4v) is 2.66. The van der Waals surface area contributed by atoms with E-state index >= 15 is 0 Å². The Bertz CT molecular complexity index is 613. The highest BCUT2D eigenvalue weighted by Gasteiger charge is 2.30. The van der Waals surface area contributed by atoms with E-state index in [1.165, 1.54) is 0 Å². The normalized spacial score (nSPS) is 17.3. The Morgan fingerprint density at radius 1 is 1.36 bits per heavy atom. The monoisotopic (exact) mass is 349 g/mol. The van der Waals surface area contributed by atoms with Gasteiger partial charge in [0, 0.05) is 19.0 Å². The summed E-state index contributed by atoms with van der Waals surface area (Å²) in [5.41, 5.74) is 2.46. The van der Waals surface area contributed by atoms with Gasteiger partial charge in [-0.1, -0.05) is 12.1 Å². The second-order valence-corrected chi connectivity index (χ2v) is 7.28. The Balaban J connectivity index is 1.81. The Labute approximate surface area is 148 Å². The van der Waals surface area contributed by atoms with Gasteiger partial charge in [-0.3, -0.25) is 10.2 Å². The van der Waals surface area contributed by atoms with E-state index in [1.54, 1.807) is 4.90 Å². The molecule has 1 aliphatic rings. The highest BCUT2D eigenvalue weighted by Crippen LogP contribution is 2.21. The fraction of sp³-hybridized carbons (Fsp3) is 0.556. The Morgan fingerprint density at radius 3 is 2.80 bits per heavy atom. The number of amides is 2. The second-order valence-electron chi connectivity index (χ2n) is 7.28. The van der Waals surface area contributed by atoms with Crippen molar-refractivity contribution in [2.45, 2.75) is 39.2 Å². The van der Waals surface area contributed by atoms with E-state index in [4.69, 9.17) is 15.3 Å². The van der Waals surface area contributed by atoms with Crippen LogP contribution in [-0.2, 0) is 16.0 Å². The molecule has 7 nitrogen and oxygen atoms in total. The molecule has 1 aliphatic heterocycles. The van der Waals surface area contributed by atoms with Crippen LogP contribution in [0.15, 0.2) is 24.3 Å². The molecule has 1 saturated heterocycles. The van der Waals surface area contributed by atoms with Crippen molar-refractivity contribution >= 4 is 12.0 Å². The molecule has 0 bridgehead atoms. The molecule has 7 heteroatoms. The van der Waals surface area contributed by atoms with Crippen LogP contribution in [0.2, 0.25) is 0 Å². The van der Waals surface area contributed by atoms with Gasteiger partial charge in [0.1, 0.15) is 11.4 Å². The number of nitrogens with zero attached hydrogens (tertiary/aromatic N) is 1. The number of likely N-dealkylation sites (tertiary alicyclic amines) is 1. The van der Waals surface area contributed by atoms with Crippen molar-refractivity contribution < 1.29 is 19.1 Å². The zero-order valence-corrected chi connectivity index (χ0v) is 15.1. The minimum atomic E-state index is -0.484. The van der Waals surface area contributed by atoms with E-state index in [0.29, 0.717) is 25.4 Å². The van der Waals surface area contributed by atoms with Crippen LogP contribution in [0, 0.1) is 5.92 Å². The average Bonchev–Trinajstić information content (AvgIpc) is 3.01. The number of hydrogen-bond acceptors (Lipinski definition) is 5. The summed E-state index contributed by atoms with van der Waals surface area (Å²) in [7, 11) is 0. The van der Waals surface area contributed by atoms with Crippen LogP contribution in [0.25, 0.3) is 0 Å². The van der Waals surface area contributed by atoms with Gasteiger partial charge in [0.2, 0.25) is 5.91 Å². The molecule has 138 valence electrons. The van der Waals surface area contributed by atoms with Crippen molar-refractivity contribution in [2.24, 2.45) is 11.8 Å². The highest BCUT2D eigenvalue weighted by atomic mass is 16.6. The van der Waals surface area contributed by atoms with E-state index in [2.05, 4.69) is 5.43 Å². The fourth-order valence-electron chi connectivity index (χ4n) is 2.66. The summed E-state index contributed by atoms with van der Waals surface area (Å²) in [6.07, 6.45) is 0.822. The van der Waals surface area contributed by atoms with Crippen molar-refractivity contribution in [1.82, 2.24) is 10.3 Å². The second kappa shape index (κ2) is 8.20. The van der Waals surface area contributed by atoms with Gasteiger partial charge in [0.05, 0.1) is 13.0 Å². The molecule has 2 rings (SSSR count). The molecule has 1 aromatic rings. The lowest BCUT2D eigenvalue weighted by molar-refractivity contribution is -0.120. The maximum atomic E-state index is 12.1. The number of carbonyl (C=O) groups is 2. The standard InChI is InChI=1S/C18H27N3O4/c1-18(2,3)25-17(23)21-8-7-14(11-21)12-24-15-6-4-5-13(9-15)10-16(22)20-19/h4-6,9,14H,7-8,10-12,19H2,1-3H3,(H,20,22)/t14-/m1/s1. The molecular formula is C18H27N3O4. The maximum Gasteiger partial charge on any atom is 0.410 e. The minimum absolute atomic E-state index is 0.212.